The highest BCUT2D eigenvalue weighted by Crippen LogP contribution is 2.19. The van der Waals surface area contributed by atoms with Crippen molar-refractivity contribution in [1.82, 2.24) is 14.5 Å². The van der Waals surface area contributed by atoms with Gasteiger partial charge in [0.25, 0.3) is 0 Å². The number of carbonyl (C=O) groups excluding carboxylic acids is 1. The van der Waals surface area contributed by atoms with Crippen LogP contribution in [0.2, 0.25) is 0 Å². The fourth-order valence-corrected chi connectivity index (χ4v) is 2.88. The second kappa shape index (κ2) is 7.97. The van der Waals surface area contributed by atoms with E-state index in [9.17, 15) is 14.9 Å². The van der Waals surface area contributed by atoms with Gasteiger partial charge in [-0.1, -0.05) is 12.1 Å². The molecule has 0 bridgehead atoms. The maximum absolute atomic E-state index is 12.1. The van der Waals surface area contributed by atoms with Crippen molar-refractivity contribution in [3.05, 3.63) is 51.7 Å². The van der Waals surface area contributed by atoms with E-state index in [2.05, 4.69) is 9.88 Å². The van der Waals surface area contributed by atoms with Crippen molar-refractivity contribution >= 4 is 11.8 Å². The first kappa shape index (κ1) is 19.8. The van der Waals surface area contributed by atoms with E-state index in [0.717, 1.165) is 5.56 Å². The van der Waals surface area contributed by atoms with Gasteiger partial charge in [-0.25, -0.2) is 4.79 Å². The fraction of sp³-hybridized carbons (Fsp3) is 0.474. The summed E-state index contributed by atoms with van der Waals surface area (Å²) >= 11 is 0. The standard InChI is InChI=1S/C19H24N4O5/c1-19(2,3)28-17(24)15-6-4-14(5-7-15)12-21-8-9-22-13-16(23(25)26)20-18(22)27-11-10-21/h4-7,13H,8-12H2,1-3H3. The molecule has 0 unspecified atom stereocenters. The summed E-state index contributed by atoms with van der Waals surface area (Å²) in [5, 5.41) is 10.9. The molecule has 9 nitrogen and oxygen atoms in total. The average Bonchev–Trinajstić information content (AvgIpc) is 2.99. The number of rotatable bonds is 4. The number of nitro groups is 1. The molecule has 2 aromatic rings. The summed E-state index contributed by atoms with van der Waals surface area (Å²) in [4.78, 5) is 28.5. The van der Waals surface area contributed by atoms with Gasteiger partial charge in [-0.3, -0.25) is 9.47 Å². The van der Waals surface area contributed by atoms with Crippen molar-refractivity contribution in [2.24, 2.45) is 0 Å². The van der Waals surface area contributed by atoms with Crippen LogP contribution in [0.1, 0.15) is 36.7 Å². The zero-order valence-electron chi connectivity index (χ0n) is 16.3. The molecule has 0 saturated heterocycles. The van der Waals surface area contributed by atoms with Crippen molar-refractivity contribution in [2.75, 3.05) is 19.7 Å². The van der Waals surface area contributed by atoms with E-state index in [1.165, 1.54) is 6.20 Å². The molecule has 0 N–H and O–H groups in total. The van der Waals surface area contributed by atoms with Crippen LogP contribution in [0.15, 0.2) is 30.5 Å². The van der Waals surface area contributed by atoms with Gasteiger partial charge in [0.15, 0.2) is 0 Å². The summed E-state index contributed by atoms with van der Waals surface area (Å²) in [6, 6.07) is 7.63. The largest absolute Gasteiger partial charge is 0.456 e. The molecular weight excluding hydrogens is 364 g/mol. The highest BCUT2D eigenvalue weighted by molar-refractivity contribution is 5.89. The van der Waals surface area contributed by atoms with E-state index in [-0.39, 0.29) is 17.8 Å². The highest BCUT2D eigenvalue weighted by Gasteiger charge is 2.23. The molecule has 28 heavy (non-hydrogen) atoms. The second-order valence-corrected chi connectivity index (χ2v) is 7.66. The van der Waals surface area contributed by atoms with Crippen LogP contribution >= 0.6 is 0 Å². The van der Waals surface area contributed by atoms with E-state index >= 15 is 0 Å². The first-order valence-electron chi connectivity index (χ1n) is 9.10. The number of hydrogen-bond acceptors (Lipinski definition) is 7. The van der Waals surface area contributed by atoms with Crippen LogP contribution in [-0.4, -0.2) is 50.6 Å². The Balaban J connectivity index is 1.61. The molecule has 0 saturated carbocycles. The van der Waals surface area contributed by atoms with Gasteiger partial charge in [0.1, 0.15) is 18.4 Å². The van der Waals surface area contributed by atoms with Crippen LogP contribution in [0.25, 0.3) is 0 Å². The van der Waals surface area contributed by atoms with Crippen molar-refractivity contribution in [3.63, 3.8) is 0 Å². The Morgan fingerprint density at radius 3 is 2.61 bits per heavy atom. The summed E-state index contributed by atoms with van der Waals surface area (Å²) in [6.45, 7) is 8.52. The van der Waals surface area contributed by atoms with E-state index in [0.29, 0.717) is 38.3 Å². The zero-order chi connectivity index (χ0) is 20.3. The maximum Gasteiger partial charge on any atom is 0.414 e. The lowest BCUT2D eigenvalue weighted by molar-refractivity contribution is -0.389. The van der Waals surface area contributed by atoms with Gasteiger partial charge < -0.3 is 19.6 Å². The smallest absolute Gasteiger partial charge is 0.414 e. The molecule has 0 fully saturated rings. The minimum absolute atomic E-state index is 0.207. The van der Waals surface area contributed by atoms with Crippen molar-refractivity contribution in [2.45, 2.75) is 39.5 Å². The SMILES string of the molecule is CC(C)(C)OC(=O)c1ccc(CN2CCOc3nc([N+](=O)[O-])cn3CC2)cc1. The number of esters is 1. The fourth-order valence-electron chi connectivity index (χ4n) is 2.88. The maximum atomic E-state index is 12.1. The summed E-state index contributed by atoms with van der Waals surface area (Å²) < 4.78 is 12.6. The molecule has 0 radical (unpaired) electrons. The molecule has 0 amide bonds. The molecule has 0 atom stereocenters. The topological polar surface area (TPSA) is 99.7 Å². The van der Waals surface area contributed by atoms with Crippen molar-refractivity contribution in [3.8, 4) is 6.01 Å². The van der Waals surface area contributed by atoms with Crippen LogP contribution in [0.5, 0.6) is 6.01 Å². The van der Waals surface area contributed by atoms with Gasteiger partial charge in [0, 0.05) is 31.2 Å². The molecule has 9 heteroatoms. The number of ether oxygens (including phenoxy) is 2. The van der Waals surface area contributed by atoms with Gasteiger partial charge in [-0.2, -0.15) is 0 Å². The van der Waals surface area contributed by atoms with Crippen molar-refractivity contribution < 1.29 is 19.2 Å². The lowest BCUT2D eigenvalue weighted by Crippen LogP contribution is -2.33. The molecule has 2 heterocycles. The second-order valence-electron chi connectivity index (χ2n) is 7.66. The third-order valence-corrected chi connectivity index (χ3v) is 4.20. The number of benzene rings is 1. The number of nitrogens with zero attached hydrogens (tertiary/aromatic N) is 4. The molecular formula is C19H24N4O5. The normalized spacial score (nSPS) is 15.1. The number of hydrogen-bond donors (Lipinski definition) is 0. The highest BCUT2D eigenvalue weighted by atomic mass is 16.6. The molecule has 0 aliphatic carbocycles. The number of fused-ring (bicyclic) bond motifs is 1. The quantitative estimate of drug-likeness (QED) is 0.451. The van der Waals surface area contributed by atoms with Gasteiger partial charge in [0.05, 0.1) is 5.56 Å². The van der Waals surface area contributed by atoms with Crippen molar-refractivity contribution in [1.29, 1.82) is 0 Å². The Hall–Kier alpha value is -2.94. The summed E-state index contributed by atoms with van der Waals surface area (Å²) in [5.41, 5.74) is 1.05. The Kier molecular flexibility index (Phi) is 5.64. The average molecular weight is 388 g/mol. The molecule has 1 aromatic carbocycles. The van der Waals surface area contributed by atoms with Gasteiger partial charge in [-0.15, -0.1) is 0 Å². The number of carbonyl (C=O) groups is 1. The summed E-state index contributed by atoms with van der Waals surface area (Å²) in [5.74, 6) is -0.547. The van der Waals surface area contributed by atoms with Gasteiger partial charge in [-0.05, 0) is 43.4 Å². The van der Waals surface area contributed by atoms with Gasteiger partial charge in [0.2, 0.25) is 0 Å². The monoisotopic (exact) mass is 388 g/mol. The predicted octanol–water partition coefficient (Wildman–Crippen LogP) is 2.64. The molecule has 1 aliphatic heterocycles. The molecule has 150 valence electrons. The lowest BCUT2D eigenvalue weighted by Gasteiger charge is -2.24. The molecule has 1 aliphatic rings. The Morgan fingerprint density at radius 1 is 1.25 bits per heavy atom. The Bertz CT molecular complexity index is 854. The van der Waals surface area contributed by atoms with Gasteiger partial charge >= 0.3 is 17.8 Å². The molecule has 1 aromatic heterocycles. The first-order valence-corrected chi connectivity index (χ1v) is 9.10. The Labute approximate surface area is 163 Å². The number of imidazole rings is 1. The van der Waals surface area contributed by atoms with E-state index in [4.69, 9.17) is 9.47 Å². The molecule has 0 spiro atoms. The first-order chi connectivity index (χ1) is 13.2. The number of aromatic nitrogens is 2. The third kappa shape index (κ3) is 5.07. The van der Waals surface area contributed by atoms with Crippen LogP contribution in [0.4, 0.5) is 5.82 Å². The van der Waals surface area contributed by atoms with Crippen LogP contribution < -0.4 is 4.74 Å². The predicted molar refractivity (Wildman–Crippen MR) is 101 cm³/mol. The third-order valence-electron chi connectivity index (χ3n) is 4.20. The lowest BCUT2D eigenvalue weighted by atomic mass is 10.1. The zero-order valence-corrected chi connectivity index (χ0v) is 16.3. The van der Waals surface area contributed by atoms with Crippen LogP contribution in [-0.2, 0) is 17.8 Å². The summed E-state index contributed by atoms with van der Waals surface area (Å²) in [7, 11) is 0. The minimum atomic E-state index is -0.526. The van der Waals surface area contributed by atoms with E-state index < -0.39 is 10.5 Å². The van der Waals surface area contributed by atoms with E-state index in [1.54, 1.807) is 16.7 Å². The van der Waals surface area contributed by atoms with E-state index in [1.807, 2.05) is 32.9 Å². The van der Waals surface area contributed by atoms with Crippen LogP contribution in [0, 0.1) is 10.1 Å². The minimum Gasteiger partial charge on any atom is -0.456 e. The van der Waals surface area contributed by atoms with Crippen LogP contribution in [0.3, 0.4) is 0 Å². The summed E-state index contributed by atoms with van der Waals surface area (Å²) in [6.07, 6.45) is 1.40. The molecule has 3 rings (SSSR count). The Morgan fingerprint density at radius 2 is 1.96 bits per heavy atom.